The number of esters is 2. The molecule has 1 aromatic carbocycles. The van der Waals surface area contributed by atoms with Crippen LogP contribution in [0.5, 0.6) is 0 Å². The molecule has 1 aliphatic rings. The van der Waals surface area contributed by atoms with Gasteiger partial charge in [-0.1, -0.05) is 6.08 Å². The van der Waals surface area contributed by atoms with Gasteiger partial charge in [-0.15, -0.1) is 0 Å². The second kappa shape index (κ2) is 7.96. The summed E-state index contributed by atoms with van der Waals surface area (Å²) in [5.74, 6) is -3.48. The first kappa shape index (κ1) is 20.7. The van der Waals surface area contributed by atoms with E-state index in [1.807, 2.05) is 0 Å². The van der Waals surface area contributed by atoms with Crippen LogP contribution in [0.15, 0.2) is 47.8 Å². The summed E-state index contributed by atoms with van der Waals surface area (Å²) in [7, 11) is 1.95. The summed E-state index contributed by atoms with van der Waals surface area (Å²) in [4.78, 5) is 25.0. The normalized spacial score (nSPS) is 13.8. The molecule has 0 atom stereocenters. The molecule has 0 unspecified atom stereocenters. The van der Waals surface area contributed by atoms with Crippen LogP contribution in [0, 0.1) is 17.1 Å². The lowest BCUT2D eigenvalue weighted by molar-refractivity contribution is -0.139. The Kier molecular flexibility index (Phi) is 5.88. The molecule has 1 aromatic rings. The number of methoxy groups -OCH3 is 2. The van der Waals surface area contributed by atoms with Gasteiger partial charge in [-0.25, -0.2) is 14.0 Å². The Morgan fingerprint density at radius 1 is 1.11 bits per heavy atom. The molecule has 0 amide bonds. The minimum absolute atomic E-state index is 0.435. The summed E-state index contributed by atoms with van der Waals surface area (Å²) in [6.07, 6.45) is -0.440. The van der Waals surface area contributed by atoms with E-state index in [2.05, 4.69) is 9.47 Å². The number of carbonyl (C=O) groups excluding carboxylic acids is 2. The van der Waals surface area contributed by atoms with E-state index in [-0.39, 0.29) is 0 Å². The Hall–Kier alpha value is -3.61. The third-order valence-corrected chi connectivity index (χ3v) is 3.67. The average Bonchev–Trinajstić information content (AvgIpc) is 2.88. The molecule has 1 aliphatic heterocycles. The molecule has 146 valence electrons. The van der Waals surface area contributed by atoms with Gasteiger partial charge in [0, 0.05) is 6.20 Å². The van der Waals surface area contributed by atoms with E-state index < -0.39 is 52.0 Å². The summed E-state index contributed by atoms with van der Waals surface area (Å²) in [6, 6.07) is 2.30. The first-order valence-corrected chi connectivity index (χ1v) is 7.52. The number of alkyl halides is 3. The lowest BCUT2D eigenvalue weighted by Crippen LogP contribution is -2.29. The molecule has 0 saturated heterocycles. The molecule has 0 bridgehead atoms. The third kappa shape index (κ3) is 3.73. The fourth-order valence-electron chi connectivity index (χ4n) is 2.49. The largest absolute Gasteiger partial charge is 0.465 e. The monoisotopic (exact) mass is 396 g/mol. The summed E-state index contributed by atoms with van der Waals surface area (Å²) in [5.41, 5.74) is -4.43. The number of hydrogen-bond donors (Lipinski definition) is 0. The minimum Gasteiger partial charge on any atom is -0.465 e. The van der Waals surface area contributed by atoms with Crippen molar-refractivity contribution < 1.29 is 36.6 Å². The Morgan fingerprint density at radius 3 is 2.29 bits per heavy atom. The zero-order chi connectivity index (χ0) is 21.1. The smallest absolute Gasteiger partial charge is 0.418 e. The van der Waals surface area contributed by atoms with E-state index >= 15 is 0 Å². The van der Waals surface area contributed by atoms with E-state index in [1.165, 1.54) is 18.2 Å². The Labute approximate surface area is 156 Å². The van der Waals surface area contributed by atoms with Gasteiger partial charge < -0.3 is 14.4 Å². The van der Waals surface area contributed by atoms with Crippen molar-refractivity contribution in [3.05, 3.63) is 64.8 Å². The zero-order valence-electron chi connectivity index (χ0n) is 14.5. The van der Waals surface area contributed by atoms with Gasteiger partial charge in [-0.2, -0.15) is 18.4 Å². The molecule has 0 spiro atoms. The van der Waals surface area contributed by atoms with E-state index in [1.54, 1.807) is 0 Å². The van der Waals surface area contributed by atoms with Crippen molar-refractivity contribution in [2.45, 2.75) is 6.18 Å². The number of benzene rings is 1. The number of allylic oxidation sites excluding steroid dienone is 2. The quantitative estimate of drug-likeness (QED) is 0.577. The van der Waals surface area contributed by atoms with Gasteiger partial charge in [0.1, 0.15) is 23.1 Å². The van der Waals surface area contributed by atoms with Crippen LogP contribution in [-0.2, 0) is 25.2 Å². The highest BCUT2D eigenvalue weighted by Gasteiger charge is 2.39. The van der Waals surface area contributed by atoms with Gasteiger partial charge in [0.05, 0.1) is 31.0 Å². The van der Waals surface area contributed by atoms with Crippen molar-refractivity contribution in [2.24, 2.45) is 0 Å². The zero-order valence-corrected chi connectivity index (χ0v) is 14.5. The van der Waals surface area contributed by atoms with Gasteiger partial charge in [0.25, 0.3) is 0 Å². The molecule has 0 fully saturated rings. The highest BCUT2D eigenvalue weighted by molar-refractivity contribution is 6.05. The Bertz CT molecular complexity index is 956. The molecular weight excluding hydrogens is 384 g/mol. The lowest BCUT2D eigenvalue weighted by atomic mass is 10.0. The summed E-state index contributed by atoms with van der Waals surface area (Å²) >= 11 is 0. The summed E-state index contributed by atoms with van der Waals surface area (Å²) in [5, 5.41) is 9.25. The molecule has 0 saturated carbocycles. The maximum Gasteiger partial charge on any atom is 0.418 e. The van der Waals surface area contributed by atoms with Gasteiger partial charge in [-0.05, 0) is 24.3 Å². The molecule has 2 rings (SSSR count). The van der Waals surface area contributed by atoms with Gasteiger partial charge >= 0.3 is 18.1 Å². The Morgan fingerprint density at radius 2 is 1.75 bits per heavy atom. The molecule has 10 heteroatoms. The molecular formula is C18H12F4N2O4. The van der Waals surface area contributed by atoms with Crippen LogP contribution in [0.2, 0.25) is 0 Å². The van der Waals surface area contributed by atoms with E-state index in [0.29, 0.717) is 17.0 Å². The highest BCUT2D eigenvalue weighted by Crippen LogP contribution is 2.41. The van der Waals surface area contributed by atoms with Crippen LogP contribution >= 0.6 is 0 Å². The predicted octanol–water partition coefficient (Wildman–Crippen LogP) is 3.21. The van der Waals surface area contributed by atoms with Crippen molar-refractivity contribution in [1.82, 2.24) is 0 Å². The second-order valence-corrected chi connectivity index (χ2v) is 5.24. The van der Waals surface area contributed by atoms with Crippen molar-refractivity contribution in [3.63, 3.8) is 0 Å². The second-order valence-electron chi connectivity index (χ2n) is 5.24. The number of carbonyl (C=O) groups is 2. The van der Waals surface area contributed by atoms with Crippen molar-refractivity contribution >= 4 is 17.6 Å². The van der Waals surface area contributed by atoms with Gasteiger partial charge in [0.15, 0.2) is 0 Å². The number of hydrogen-bond acceptors (Lipinski definition) is 6. The minimum atomic E-state index is -4.99. The SMILES string of the molecule is COC(=O)C1=C(C(=O)OC)N(c2c(C(F)(F)F)ccc(F)c2C#N)C=CC=C1. The number of anilines is 1. The van der Waals surface area contributed by atoms with E-state index in [4.69, 9.17) is 0 Å². The molecule has 0 radical (unpaired) electrons. The lowest BCUT2D eigenvalue weighted by Gasteiger charge is -2.27. The van der Waals surface area contributed by atoms with Crippen LogP contribution in [0.3, 0.4) is 0 Å². The highest BCUT2D eigenvalue weighted by atomic mass is 19.4. The maximum atomic E-state index is 14.1. The molecule has 6 nitrogen and oxygen atoms in total. The molecule has 1 heterocycles. The fourth-order valence-corrected chi connectivity index (χ4v) is 2.49. The molecule has 0 aliphatic carbocycles. The number of ether oxygens (including phenoxy) is 2. The standard InChI is InChI=1S/C18H12F4N2O4/c1-27-16(25)10-5-3-4-8-24(15(10)17(26)28-2)14-11(9-23)13(19)7-6-12(14)18(20,21)22/h3-8H,1-2H3. The number of rotatable bonds is 3. The van der Waals surface area contributed by atoms with Crippen molar-refractivity contribution in [3.8, 4) is 6.07 Å². The molecule has 28 heavy (non-hydrogen) atoms. The summed E-state index contributed by atoms with van der Waals surface area (Å²) in [6.45, 7) is 0. The number of nitrogens with zero attached hydrogens (tertiary/aromatic N) is 2. The van der Waals surface area contributed by atoms with Gasteiger partial charge in [-0.3, -0.25) is 0 Å². The van der Waals surface area contributed by atoms with Crippen molar-refractivity contribution in [1.29, 1.82) is 5.26 Å². The van der Waals surface area contributed by atoms with Gasteiger partial charge in [0.2, 0.25) is 0 Å². The average molecular weight is 396 g/mol. The first-order valence-electron chi connectivity index (χ1n) is 7.52. The van der Waals surface area contributed by atoms with Crippen LogP contribution in [-0.4, -0.2) is 26.2 Å². The number of nitriles is 1. The fraction of sp³-hybridized carbons (Fsp3) is 0.167. The Balaban J connectivity index is 2.96. The van der Waals surface area contributed by atoms with Crippen LogP contribution in [0.4, 0.5) is 23.2 Å². The molecule has 0 N–H and O–H groups in total. The predicted molar refractivity (Wildman–Crippen MR) is 87.9 cm³/mol. The number of halogens is 4. The van der Waals surface area contributed by atoms with Crippen LogP contribution in [0.1, 0.15) is 11.1 Å². The molecule has 0 aromatic heterocycles. The summed E-state index contributed by atoms with van der Waals surface area (Å²) < 4.78 is 64.0. The first-order chi connectivity index (χ1) is 13.2. The van der Waals surface area contributed by atoms with E-state index in [0.717, 1.165) is 26.5 Å². The topological polar surface area (TPSA) is 79.6 Å². The third-order valence-electron chi connectivity index (χ3n) is 3.67. The van der Waals surface area contributed by atoms with Crippen LogP contribution in [0.25, 0.3) is 0 Å². The van der Waals surface area contributed by atoms with Crippen molar-refractivity contribution in [2.75, 3.05) is 19.1 Å². The maximum absolute atomic E-state index is 14.1. The van der Waals surface area contributed by atoms with E-state index in [9.17, 15) is 32.4 Å². The van der Waals surface area contributed by atoms with Crippen LogP contribution < -0.4 is 4.90 Å².